The summed E-state index contributed by atoms with van der Waals surface area (Å²) in [7, 11) is 0. The molecular weight excluding hydrogens is 302 g/mol. The number of aromatic nitrogens is 3. The van der Waals surface area contributed by atoms with Gasteiger partial charge >= 0.3 is 0 Å². The first kappa shape index (κ1) is 18.9. The molecular formula is C18H33N5O. The monoisotopic (exact) mass is 335 g/mol. The van der Waals surface area contributed by atoms with Crippen molar-refractivity contribution >= 4 is 5.91 Å². The van der Waals surface area contributed by atoms with Crippen molar-refractivity contribution in [1.29, 1.82) is 0 Å². The summed E-state index contributed by atoms with van der Waals surface area (Å²) in [6, 6.07) is 0. The zero-order chi connectivity index (χ0) is 17.9. The lowest BCUT2D eigenvalue weighted by molar-refractivity contribution is -0.126. The summed E-state index contributed by atoms with van der Waals surface area (Å²) in [6.07, 6.45) is 2.57. The normalized spacial score (nSPS) is 20.8. The van der Waals surface area contributed by atoms with Crippen LogP contribution in [0.5, 0.6) is 0 Å². The van der Waals surface area contributed by atoms with Crippen molar-refractivity contribution in [2.24, 2.45) is 11.8 Å². The van der Waals surface area contributed by atoms with Gasteiger partial charge in [0.25, 0.3) is 0 Å². The Hall–Kier alpha value is -1.43. The van der Waals surface area contributed by atoms with Gasteiger partial charge in [-0.3, -0.25) is 4.79 Å². The summed E-state index contributed by atoms with van der Waals surface area (Å²) < 4.78 is 1.82. The van der Waals surface area contributed by atoms with E-state index < -0.39 is 0 Å². The molecule has 1 amide bonds. The van der Waals surface area contributed by atoms with Crippen LogP contribution in [-0.2, 0) is 11.3 Å². The maximum Gasteiger partial charge on any atom is 0.225 e. The van der Waals surface area contributed by atoms with Gasteiger partial charge in [0, 0.05) is 18.6 Å². The third-order valence-electron chi connectivity index (χ3n) is 4.68. The Bertz CT molecular complexity index is 566. The van der Waals surface area contributed by atoms with E-state index in [1.165, 1.54) is 12.8 Å². The number of likely N-dealkylation sites (tertiary alicyclic amines) is 1. The van der Waals surface area contributed by atoms with Crippen molar-refractivity contribution in [2.45, 2.75) is 66.5 Å². The van der Waals surface area contributed by atoms with Crippen molar-refractivity contribution in [3.8, 4) is 0 Å². The maximum atomic E-state index is 12.6. The molecule has 24 heavy (non-hydrogen) atoms. The fourth-order valence-corrected chi connectivity index (χ4v) is 3.56. The lowest BCUT2D eigenvalue weighted by Crippen LogP contribution is -2.54. The fourth-order valence-electron chi connectivity index (χ4n) is 3.56. The fraction of sp³-hybridized carbons (Fsp3) is 0.833. The van der Waals surface area contributed by atoms with E-state index >= 15 is 0 Å². The Balaban J connectivity index is 1.88. The van der Waals surface area contributed by atoms with Crippen LogP contribution in [0.2, 0.25) is 0 Å². The van der Waals surface area contributed by atoms with Crippen LogP contribution in [0.15, 0.2) is 0 Å². The Morgan fingerprint density at radius 2 is 2.12 bits per heavy atom. The molecule has 2 rings (SSSR count). The molecule has 1 aliphatic rings. The number of aryl methyl sites for hydroxylation is 2. The van der Waals surface area contributed by atoms with Crippen LogP contribution in [-0.4, -0.2) is 50.7 Å². The molecule has 0 spiro atoms. The maximum absolute atomic E-state index is 12.6. The summed E-state index contributed by atoms with van der Waals surface area (Å²) in [6.45, 7) is 16.0. The van der Waals surface area contributed by atoms with Gasteiger partial charge in [-0.1, -0.05) is 13.8 Å². The number of carbonyl (C=O) groups excluding carboxylic acids is 1. The molecule has 1 aromatic rings. The smallest absolute Gasteiger partial charge is 0.225 e. The Kier molecular flexibility index (Phi) is 6.01. The van der Waals surface area contributed by atoms with Gasteiger partial charge < -0.3 is 10.2 Å². The number of nitrogens with zero attached hydrogens (tertiary/aromatic N) is 4. The van der Waals surface area contributed by atoms with Crippen molar-refractivity contribution in [3.63, 3.8) is 0 Å². The molecule has 2 atom stereocenters. The van der Waals surface area contributed by atoms with Crippen molar-refractivity contribution in [3.05, 3.63) is 11.6 Å². The molecule has 1 aromatic heterocycles. The van der Waals surface area contributed by atoms with Gasteiger partial charge in [-0.2, -0.15) is 5.10 Å². The predicted molar refractivity (Wildman–Crippen MR) is 95.7 cm³/mol. The lowest BCUT2D eigenvalue weighted by Gasteiger charge is -2.38. The van der Waals surface area contributed by atoms with E-state index in [2.05, 4.69) is 41.1 Å². The van der Waals surface area contributed by atoms with Gasteiger partial charge in [0.2, 0.25) is 5.91 Å². The SMILES string of the molecule is Cc1nc(C)n(CC(C)C(=O)NC(C)(C)CN2CCCC(C)C2)n1. The molecule has 1 aliphatic heterocycles. The average molecular weight is 335 g/mol. The highest BCUT2D eigenvalue weighted by Gasteiger charge is 2.28. The third kappa shape index (κ3) is 5.30. The molecule has 2 unspecified atom stereocenters. The second-order valence-corrected chi connectivity index (χ2v) is 8.15. The number of hydrogen-bond donors (Lipinski definition) is 1. The molecule has 1 N–H and O–H groups in total. The second-order valence-electron chi connectivity index (χ2n) is 8.15. The van der Waals surface area contributed by atoms with E-state index in [-0.39, 0.29) is 17.4 Å². The molecule has 0 saturated carbocycles. The molecule has 136 valence electrons. The zero-order valence-electron chi connectivity index (χ0n) is 16.1. The van der Waals surface area contributed by atoms with Crippen LogP contribution in [0.3, 0.4) is 0 Å². The van der Waals surface area contributed by atoms with E-state index in [9.17, 15) is 4.79 Å². The minimum Gasteiger partial charge on any atom is -0.350 e. The summed E-state index contributed by atoms with van der Waals surface area (Å²) in [5, 5.41) is 7.57. The average Bonchev–Trinajstić information content (AvgIpc) is 2.75. The highest BCUT2D eigenvalue weighted by Crippen LogP contribution is 2.18. The molecule has 0 aromatic carbocycles. The first-order valence-electron chi connectivity index (χ1n) is 9.09. The standard InChI is InChI=1S/C18H33N5O/c1-13-8-7-9-22(10-13)12-18(5,6)20-17(24)14(2)11-23-16(4)19-15(3)21-23/h13-14H,7-12H2,1-6H3,(H,20,24). The van der Waals surface area contributed by atoms with Gasteiger partial charge in [-0.25, -0.2) is 9.67 Å². The molecule has 2 heterocycles. The number of nitrogens with one attached hydrogen (secondary N) is 1. The Labute approximate surface area is 146 Å². The highest BCUT2D eigenvalue weighted by molar-refractivity contribution is 5.78. The van der Waals surface area contributed by atoms with E-state index in [0.29, 0.717) is 6.54 Å². The van der Waals surface area contributed by atoms with Crippen molar-refractivity contribution in [1.82, 2.24) is 25.0 Å². The predicted octanol–water partition coefficient (Wildman–Crippen LogP) is 2.16. The quantitative estimate of drug-likeness (QED) is 0.865. The summed E-state index contributed by atoms with van der Waals surface area (Å²) in [5.41, 5.74) is -0.226. The summed E-state index contributed by atoms with van der Waals surface area (Å²) >= 11 is 0. The largest absolute Gasteiger partial charge is 0.350 e. The van der Waals surface area contributed by atoms with Crippen molar-refractivity contribution < 1.29 is 4.79 Å². The molecule has 6 heteroatoms. The van der Waals surface area contributed by atoms with Crippen LogP contribution in [0.1, 0.15) is 52.2 Å². The first-order chi connectivity index (χ1) is 11.2. The molecule has 6 nitrogen and oxygen atoms in total. The van der Waals surface area contributed by atoms with Gasteiger partial charge in [0.15, 0.2) is 0 Å². The van der Waals surface area contributed by atoms with Gasteiger partial charge in [-0.05, 0) is 53.0 Å². The highest BCUT2D eigenvalue weighted by atomic mass is 16.2. The summed E-state index contributed by atoms with van der Waals surface area (Å²) in [5.74, 6) is 2.30. The van der Waals surface area contributed by atoms with Crippen LogP contribution >= 0.6 is 0 Å². The number of amides is 1. The van der Waals surface area contributed by atoms with E-state index in [0.717, 1.165) is 37.2 Å². The minimum atomic E-state index is -0.226. The van der Waals surface area contributed by atoms with Crippen molar-refractivity contribution in [2.75, 3.05) is 19.6 Å². The van der Waals surface area contributed by atoms with Crippen LogP contribution < -0.4 is 5.32 Å². The van der Waals surface area contributed by atoms with E-state index in [1.54, 1.807) is 0 Å². The van der Waals surface area contributed by atoms with Crippen LogP contribution in [0, 0.1) is 25.7 Å². The topological polar surface area (TPSA) is 63.1 Å². The zero-order valence-corrected chi connectivity index (χ0v) is 16.1. The summed E-state index contributed by atoms with van der Waals surface area (Å²) in [4.78, 5) is 19.4. The molecule has 0 bridgehead atoms. The Morgan fingerprint density at radius 3 is 2.71 bits per heavy atom. The first-order valence-corrected chi connectivity index (χ1v) is 9.09. The van der Waals surface area contributed by atoms with E-state index in [4.69, 9.17) is 0 Å². The molecule has 0 radical (unpaired) electrons. The number of rotatable bonds is 6. The molecule has 1 saturated heterocycles. The van der Waals surface area contributed by atoms with Gasteiger partial charge in [-0.15, -0.1) is 0 Å². The van der Waals surface area contributed by atoms with Crippen LogP contribution in [0.4, 0.5) is 0 Å². The van der Waals surface area contributed by atoms with Gasteiger partial charge in [0.05, 0.1) is 12.5 Å². The number of piperidine rings is 1. The number of carbonyl (C=O) groups is 1. The van der Waals surface area contributed by atoms with Gasteiger partial charge in [0.1, 0.15) is 11.6 Å². The molecule has 0 aliphatic carbocycles. The Morgan fingerprint density at radius 1 is 1.42 bits per heavy atom. The third-order valence-corrected chi connectivity index (χ3v) is 4.68. The second kappa shape index (κ2) is 7.64. The number of hydrogen-bond acceptors (Lipinski definition) is 4. The minimum absolute atomic E-state index is 0.0811. The van der Waals surface area contributed by atoms with Crippen LogP contribution in [0.25, 0.3) is 0 Å². The van der Waals surface area contributed by atoms with E-state index in [1.807, 2.05) is 25.5 Å². The molecule has 1 fully saturated rings. The lowest BCUT2D eigenvalue weighted by atomic mass is 9.96.